The molecule has 5 heteroatoms. The molecule has 0 saturated heterocycles. The van der Waals surface area contributed by atoms with Crippen LogP contribution in [-0.4, -0.2) is 9.28 Å². The van der Waals surface area contributed by atoms with Gasteiger partial charge in [0.2, 0.25) is 0 Å². The fraction of sp³-hybridized carbons (Fsp3) is 1.00. The molecule has 0 radical (unpaired) electrons. The van der Waals surface area contributed by atoms with E-state index < -0.39 is 9.28 Å². The minimum atomic E-state index is -1.63. The second kappa shape index (κ2) is 3.89. The first-order chi connectivity index (χ1) is 2.81. The van der Waals surface area contributed by atoms with Gasteiger partial charge in [-0.2, -0.15) is 0 Å². The maximum atomic E-state index is 4.80. The second-order valence-corrected chi connectivity index (χ2v) is 3.31. The van der Waals surface area contributed by atoms with Crippen LogP contribution in [0.25, 0.3) is 0 Å². The van der Waals surface area contributed by atoms with E-state index in [1.165, 1.54) is 0 Å². The van der Waals surface area contributed by atoms with Crippen LogP contribution in [0, 0.1) is 0 Å². The number of hydrogen-bond acceptors (Lipinski definition) is 2. The van der Waals surface area contributed by atoms with Crippen LogP contribution in [0.3, 0.4) is 0 Å². The van der Waals surface area contributed by atoms with Crippen LogP contribution in [0.2, 0.25) is 6.55 Å². The Morgan fingerprint density at radius 3 is 1.67 bits per heavy atom. The molecule has 0 aromatic heterocycles. The summed E-state index contributed by atoms with van der Waals surface area (Å²) in [6.45, 7) is 1.71. The van der Waals surface area contributed by atoms with E-state index in [0.717, 1.165) is 0 Å². The lowest BCUT2D eigenvalue weighted by Crippen LogP contribution is -2.05. The standard InChI is InChI=1S/CH4Cl2O2Si/c1-6(4-2)5-3/h6H,1H3. The van der Waals surface area contributed by atoms with Crippen molar-refractivity contribution in [2.75, 3.05) is 0 Å². The van der Waals surface area contributed by atoms with Crippen molar-refractivity contribution >= 4 is 33.0 Å². The number of rotatable bonds is 2. The number of hydrogen-bond donors (Lipinski definition) is 0. The molecule has 0 unspecified atom stereocenters. The molecule has 0 amide bonds. The van der Waals surface area contributed by atoms with Gasteiger partial charge in [0.15, 0.2) is 0 Å². The van der Waals surface area contributed by atoms with Crippen LogP contribution in [0.15, 0.2) is 0 Å². The first-order valence-electron chi connectivity index (χ1n) is 1.36. The molecule has 38 valence electrons. The molecule has 0 aliphatic rings. The maximum Gasteiger partial charge on any atom is 0.359 e. The predicted octanol–water partition coefficient (Wildman–Crippen LogP) is 1.18. The van der Waals surface area contributed by atoms with Gasteiger partial charge in [-0.15, -0.1) is 0 Å². The van der Waals surface area contributed by atoms with Gasteiger partial charge in [0.1, 0.15) is 0 Å². The van der Waals surface area contributed by atoms with E-state index in [1.807, 2.05) is 0 Å². The summed E-state index contributed by atoms with van der Waals surface area (Å²) in [5.74, 6) is 0. The quantitative estimate of drug-likeness (QED) is 0.546. The van der Waals surface area contributed by atoms with Crippen LogP contribution in [0.5, 0.6) is 0 Å². The summed E-state index contributed by atoms with van der Waals surface area (Å²) in [5.41, 5.74) is 0. The smallest absolute Gasteiger partial charge is 0.295 e. The average Bonchev–Trinajstić information content (AvgIpc) is 1.65. The highest BCUT2D eigenvalue weighted by Crippen LogP contribution is 1.92. The third-order valence-electron chi connectivity index (χ3n) is 0.251. The monoisotopic (exact) mass is 146 g/mol. The Hall–Kier alpha value is 0.717. The first kappa shape index (κ1) is 6.72. The molecule has 0 rings (SSSR count). The summed E-state index contributed by atoms with van der Waals surface area (Å²) in [6, 6.07) is 0. The van der Waals surface area contributed by atoms with E-state index in [1.54, 1.807) is 6.55 Å². The van der Waals surface area contributed by atoms with Crippen LogP contribution >= 0.6 is 23.7 Å². The molecule has 0 bridgehead atoms. The molecule has 0 saturated carbocycles. The van der Waals surface area contributed by atoms with Gasteiger partial charge in [0, 0.05) is 0 Å². The molecular formula is CH4Cl2O2Si. The molecular weight excluding hydrogens is 143 g/mol. The lowest BCUT2D eigenvalue weighted by Gasteiger charge is -1.93. The molecule has 0 fully saturated rings. The van der Waals surface area contributed by atoms with Gasteiger partial charge >= 0.3 is 9.28 Å². The molecule has 2 nitrogen and oxygen atoms in total. The molecule has 0 aromatic rings. The zero-order chi connectivity index (χ0) is 4.99. The highest BCUT2D eigenvalue weighted by atomic mass is 35.5. The van der Waals surface area contributed by atoms with Crippen molar-refractivity contribution in [2.45, 2.75) is 6.55 Å². The van der Waals surface area contributed by atoms with Gasteiger partial charge in [-0.25, -0.2) is 0 Å². The van der Waals surface area contributed by atoms with E-state index in [4.69, 9.17) is 23.7 Å². The summed E-state index contributed by atoms with van der Waals surface area (Å²) in [5, 5.41) is 0. The van der Waals surface area contributed by atoms with Gasteiger partial charge in [0.25, 0.3) is 0 Å². The van der Waals surface area contributed by atoms with Gasteiger partial charge in [-0.3, -0.25) is 7.96 Å². The second-order valence-electron chi connectivity index (χ2n) is 0.746. The first-order valence-corrected chi connectivity index (χ1v) is 4.07. The lowest BCUT2D eigenvalue weighted by atomic mass is 11.9. The Bertz CT molecular complexity index is 30.7. The zero-order valence-electron chi connectivity index (χ0n) is 3.15. The van der Waals surface area contributed by atoms with Crippen LogP contribution < -0.4 is 0 Å². The highest BCUT2D eigenvalue weighted by Gasteiger charge is 1.99. The summed E-state index contributed by atoms with van der Waals surface area (Å²) >= 11 is 9.61. The Kier molecular flexibility index (Phi) is 4.36. The normalized spacial score (nSPS) is 10.0. The molecule has 0 N–H and O–H groups in total. The van der Waals surface area contributed by atoms with Crippen molar-refractivity contribution in [1.29, 1.82) is 0 Å². The largest absolute Gasteiger partial charge is 0.359 e. The zero-order valence-corrected chi connectivity index (χ0v) is 5.82. The Labute approximate surface area is 48.1 Å². The topological polar surface area (TPSA) is 18.5 Å². The van der Waals surface area contributed by atoms with Crippen LogP contribution in [0.1, 0.15) is 0 Å². The Balaban J connectivity index is 2.75. The molecule has 0 spiro atoms. The minimum absolute atomic E-state index is 1.63. The van der Waals surface area contributed by atoms with Gasteiger partial charge in [-0.05, 0) is 6.55 Å². The molecule has 0 aromatic carbocycles. The van der Waals surface area contributed by atoms with Crippen molar-refractivity contribution < 1.29 is 7.96 Å². The summed E-state index contributed by atoms with van der Waals surface area (Å²) in [6.07, 6.45) is 0. The van der Waals surface area contributed by atoms with E-state index >= 15 is 0 Å². The Morgan fingerprint density at radius 1 is 1.33 bits per heavy atom. The van der Waals surface area contributed by atoms with Crippen LogP contribution in [0.4, 0.5) is 0 Å². The van der Waals surface area contributed by atoms with E-state index in [9.17, 15) is 0 Å². The number of halogens is 2. The van der Waals surface area contributed by atoms with E-state index in [2.05, 4.69) is 7.96 Å². The predicted molar refractivity (Wildman–Crippen MR) is 26.9 cm³/mol. The van der Waals surface area contributed by atoms with Gasteiger partial charge in [-0.1, -0.05) is 0 Å². The van der Waals surface area contributed by atoms with Crippen LogP contribution in [-0.2, 0) is 7.96 Å². The van der Waals surface area contributed by atoms with Crippen molar-refractivity contribution in [3.63, 3.8) is 0 Å². The molecule has 6 heavy (non-hydrogen) atoms. The van der Waals surface area contributed by atoms with Crippen molar-refractivity contribution in [3.05, 3.63) is 0 Å². The van der Waals surface area contributed by atoms with Crippen molar-refractivity contribution in [3.8, 4) is 0 Å². The molecule has 0 aliphatic heterocycles. The minimum Gasteiger partial charge on any atom is -0.295 e. The lowest BCUT2D eigenvalue weighted by molar-refractivity contribution is 0.485. The molecule has 0 heterocycles. The van der Waals surface area contributed by atoms with Crippen molar-refractivity contribution in [2.24, 2.45) is 0 Å². The average molecular weight is 147 g/mol. The molecule has 0 aliphatic carbocycles. The summed E-state index contributed by atoms with van der Waals surface area (Å²) < 4.78 is 8.31. The maximum absolute atomic E-state index is 4.80. The van der Waals surface area contributed by atoms with E-state index in [-0.39, 0.29) is 0 Å². The third-order valence-corrected chi connectivity index (χ3v) is 2.26. The van der Waals surface area contributed by atoms with E-state index in [0.29, 0.717) is 0 Å². The van der Waals surface area contributed by atoms with Gasteiger partial charge < -0.3 is 0 Å². The van der Waals surface area contributed by atoms with Crippen molar-refractivity contribution in [1.82, 2.24) is 0 Å². The van der Waals surface area contributed by atoms with Gasteiger partial charge in [0.05, 0.1) is 23.7 Å². The fourth-order valence-corrected chi connectivity index (χ4v) is 0.371. The third kappa shape index (κ3) is 2.93. The summed E-state index contributed by atoms with van der Waals surface area (Å²) in [7, 11) is -1.63. The summed E-state index contributed by atoms with van der Waals surface area (Å²) in [4.78, 5) is 0. The fourth-order valence-electron chi connectivity index (χ4n) is 0.0137. The Morgan fingerprint density at radius 2 is 1.67 bits per heavy atom. The highest BCUT2D eigenvalue weighted by molar-refractivity contribution is 6.52. The SMILES string of the molecule is C[SiH](OCl)OCl. The molecule has 0 atom stereocenters.